The van der Waals surface area contributed by atoms with Gasteiger partial charge < -0.3 is 5.32 Å². The fourth-order valence-electron chi connectivity index (χ4n) is 2.46. The Labute approximate surface area is 117 Å². The van der Waals surface area contributed by atoms with Crippen molar-refractivity contribution in [3.63, 3.8) is 0 Å². The molecule has 0 radical (unpaired) electrons. The summed E-state index contributed by atoms with van der Waals surface area (Å²) < 4.78 is 0. The molecule has 1 saturated heterocycles. The van der Waals surface area contributed by atoms with E-state index in [0.717, 1.165) is 30.9 Å². The third kappa shape index (κ3) is 2.85. The van der Waals surface area contributed by atoms with Crippen LogP contribution < -0.4 is 5.32 Å². The number of nitrogens with one attached hydrogen (secondary N) is 2. The van der Waals surface area contributed by atoms with Crippen LogP contribution >= 0.6 is 0 Å². The lowest BCUT2D eigenvalue weighted by Crippen LogP contribution is -2.21. The van der Waals surface area contributed by atoms with Crippen LogP contribution in [0.2, 0.25) is 0 Å². The van der Waals surface area contributed by atoms with E-state index in [4.69, 9.17) is 0 Å². The van der Waals surface area contributed by atoms with Crippen LogP contribution in [-0.2, 0) is 6.54 Å². The van der Waals surface area contributed by atoms with Crippen molar-refractivity contribution in [1.29, 1.82) is 0 Å². The van der Waals surface area contributed by atoms with Crippen molar-refractivity contribution in [1.82, 2.24) is 20.1 Å². The van der Waals surface area contributed by atoms with E-state index in [9.17, 15) is 4.79 Å². The molecule has 3 rings (SSSR count). The number of benzene rings is 1. The summed E-state index contributed by atoms with van der Waals surface area (Å²) in [6.07, 6.45) is 3.84. The van der Waals surface area contributed by atoms with Gasteiger partial charge in [0.05, 0.1) is 0 Å². The molecule has 0 saturated carbocycles. The van der Waals surface area contributed by atoms with Crippen molar-refractivity contribution < 1.29 is 4.79 Å². The first-order chi connectivity index (χ1) is 9.83. The van der Waals surface area contributed by atoms with Gasteiger partial charge in [-0.15, -0.1) is 0 Å². The van der Waals surface area contributed by atoms with Gasteiger partial charge in [0, 0.05) is 12.2 Å². The Bertz CT molecular complexity index is 575. The second-order valence-electron chi connectivity index (χ2n) is 4.93. The Balaban J connectivity index is 1.73. The van der Waals surface area contributed by atoms with E-state index in [1.54, 1.807) is 0 Å². The Morgan fingerprint density at radius 3 is 2.85 bits per heavy atom. The maximum absolute atomic E-state index is 12.0. The van der Waals surface area contributed by atoms with Gasteiger partial charge in [0.25, 0.3) is 5.91 Å². The number of aromatic nitrogens is 3. The number of amides is 1. The molecule has 1 amide bonds. The zero-order valence-corrected chi connectivity index (χ0v) is 11.2. The quantitative estimate of drug-likeness (QED) is 0.886. The van der Waals surface area contributed by atoms with Crippen molar-refractivity contribution in [2.75, 3.05) is 18.4 Å². The highest BCUT2D eigenvalue weighted by molar-refractivity contribution is 6.01. The summed E-state index contributed by atoms with van der Waals surface area (Å²) in [5.74, 6) is -0.0441. The highest BCUT2D eigenvalue weighted by atomic mass is 16.2. The van der Waals surface area contributed by atoms with E-state index in [1.165, 1.54) is 19.2 Å². The zero-order chi connectivity index (χ0) is 13.8. The topological polar surface area (TPSA) is 73.9 Å². The number of aromatic amines is 1. The van der Waals surface area contributed by atoms with Gasteiger partial charge in [-0.2, -0.15) is 5.10 Å². The van der Waals surface area contributed by atoms with E-state index in [0.29, 0.717) is 0 Å². The second kappa shape index (κ2) is 5.83. The molecule has 1 aromatic heterocycles. The van der Waals surface area contributed by atoms with E-state index in [-0.39, 0.29) is 11.7 Å². The largest absolute Gasteiger partial charge is 0.319 e. The number of hydrogen-bond acceptors (Lipinski definition) is 4. The van der Waals surface area contributed by atoms with Crippen molar-refractivity contribution in [3.05, 3.63) is 42.0 Å². The van der Waals surface area contributed by atoms with Gasteiger partial charge in [0.15, 0.2) is 0 Å². The normalized spacial score (nSPS) is 15.4. The fraction of sp³-hybridized carbons (Fsp3) is 0.357. The average Bonchev–Trinajstić information content (AvgIpc) is 3.13. The van der Waals surface area contributed by atoms with Crippen LogP contribution in [0.15, 0.2) is 30.6 Å². The van der Waals surface area contributed by atoms with Gasteiger partial charge in [-0.25, -0.2) is 4.98 Å². The first-order valence-electron chi connectivity index (χ1n) is 6.80. The van der Waals surface area contributed by atoms with Crippen molar-refractivity contribution in [2.45, 2.75) is 19.4 Å². The molecule has 1 aromatic carbocycles. The first kappa shape index (κ1) is 12.8. The smallest absolute Gasteiger partial charge is 0.292 e. The molecule has 0 unspecified atom stereocenters. The van der Waals surface area contributed by atoms with Crippen LogP contribution in [-0.4, -0.2) is 39.1 Å². The van der Waals surface area contributed by atoms with Gasteiger partial charge in [-0.1, -0.05) is 18.2 Å². The molecule has 2 aromatic rings. The summed E-state index contributed by atoms with van der Waals surface area (Å²) in [4.78, 5) is 18.3. The monoisotopic (exact) mass is 271 g/mol. The van der Waals surface area contributed by atoms with Crippen molar-refractivity contribution >= 4 is 11.6 Å². The summed E-state index contributed by atoms with van der Waals surface area (Å²) in [6, 6.07) is 7.88. The van der Waals surface area contributed by atoms with E-state index < -0.39 is 0 Å². The summed E-state index contributed by atoms with van der Waals surface area (Å²) in [6.45, 7) is 3.13. The van der Waals surface area contributed by atoms with E-state index >= 15 is 0 Å². The minimum atomic E-state index is -0.267. The predicted octanol–water partition coefficient (Wildman–Crippen LogP) is 1.65. The minimum Gasteiger partial charge on any atom is -0.319 e. The first-order valence-corrected chi connectivity index (χ1v) is 6.80. The SMILES string of the molecule is O=C(Nc1ccccc1CN1CCCC1)c1ncn[nH]1. The van der Waals surface area contributed by atoms with Crippen molar-refractivity contribution in [3.8, 4) is 0 Å². The number of hydrogen-bond donors (Lipinski definition) is 2. The third-order valence-corrected chi connectivity index (χ3v) is 3.49. The van der Waals surface area contributed by atoms with E-state index in [1.807, 2.05) is 24.3 Å². The second-order valence-corrected chi connectivity index (χ2v) is 4.93. The molecule has 1 aliphatic heterocycles. The zero-order valence-electron chi connectivity index (χ0n) is 11.2. The molecule has 104 valence electrons. The number of carbonyl (C=O) groups excluding carboxylic acids is 1. The molecule has 1 fully saturated rings. The maximum atomic E-state index is 12.0. The summed E-state index contributed by atoms with van der Waals surface area (Å²) in [5.41, 5.74) is 1.96. The fourth-order valence-corrected chi connectivity index (χ4v) is 2.46. The standard InChI is InChI=1S/C14H17N5O/c20-14(13-15-10-16-18-13)17-12-6-2-1-5-11(12)9-19-7-3-4-8-19/h1-2,5-6,10H,3-4,7-9H2,(H,17,20)(H,15,16,18). The number of rotatable bonds is 4. The molecule has 20 heavy (non-hydrogen) atoms. The summed E-state index contributed by atoms with van der Waals surface area (Å²) in [7, 11) is 0. The molecule has 0 bridgehead atoms. The molecular formula is C14H17N5O. The number of nitrogens with zero attached hydrogens (tertiary/aromatic N) is 3. The minimum absolute atomic E-state index is 0.223. The number of carbonyl (C=O) groups is 1. The molecule has 1 aliphatic rings. The lowest BCUT2D eigenvalue weighted by molar-refractivity contribution is 0.101. The molecular weight excluding hydrogens is 254 g/mol. The van der Waals surface area contributed by atoms with Crippen LogP contribution in [0.25, 0.3) is 0 Å². The van der Waals surface area contributed by atoms with Crippen LogP contribution in [0, 0.1) is 0 Å². The van der Waals surface area contributed by atoms with Gasteiger partial charge in [0.2, 0.25) is 5.82 Å². The predicted molar refractivity (Wildman–Crippen MR) is 75.3 cm³/mol. The molecule has 0 spiro atoms. The number of anilines is 1. The summed E-state index contributed by atoms with van der Waals surface area (Å²) in [5, 5.41) is 9.14. The highest BCUT2D eigenvalue weighted by Crippen LogP contribution is 2.20. The molecule has 0 atom stereocenters. The van der Waals surface area contributed by atoms with Crippen LogP contribution in [0.3, 0.4) is 0 Å². The van der Waals surface area contributed by atoms with Crippen LogP contribution in [0.1, 0.15) is 29.0 Å². The number of para-hydroxylation sites is 1. The van der Waals surface area contributed by atoms with Gasteiger partial charge in [-0.05, 0) is 37.6 Å². The molecule has 6 nitrogen and oxygen atoms in total. The highest BCUT2D eigenvalue weighted by Gasteiger charge is 2.15. The number of likely N-dealkylation sites (tertiary alicyclic amines) is 1. The Kier molecular flexibility index (Phi) is 3.73. The Morgan fingerprint density at radius 2 is 2.10 bits per heavy atom. The Morgan fingerprint density at radius 1 is 1.30 bits per heavy atom. The Hall–Kier alpha value is -2.21. The van der Waals surface area contributed by atoms with Gasteiger partial charge in [-0.3, -0.25) is 14.8 Å². The van der Waals surface area contributed by atoms with Gasteiger partial charge in [0.1, 0.15) is 6.33 Å². The van der Waals surface area contributed by atoms with Crippen LogP contribution in [0.4, 0.5) is 5.69 Å². The molecule has 2 N–H and O–H groups in total. The maximum Gasteiger partial charge on any atom is 0.292 e. The lowest BCUT2D eigenvalue weighted by Gasteiger charge is -2.17. The van der Waals surface area contributed by atoms with E-state index in [2.05, 4.69) is 25.4 Å². The number of H-pyrrole nitrogens is 1. The lowest BCUT2D eigenvalue weighted by atomic mass is 10.1. The molecule has 6 heteroatoms. The average molecular weight is 271 g/mol. The molecule has 2 heterocycles. The molecule has 0 aliphatic carbocycles. The third-order valence-electron chi connectivity index (χ3n) is 3.49. The van der Waals surface area contributed by atoms with Crippen molar-refractivity contribution in [2.24, 2.45) is 0 Å². The van der Waals surface area contributed by atoms with Crippen LogP contribution in [0.5, 0.6) is 0 Å². The van der Waals surface area contributed by atoms with Gasteiger partial charge >= 0.3 is 0 Å². The summed E-state index contributed by atoms with van der Waals surface area (Å²) >= 11 is 0.